The molecule has 1 aliphatic rings. The third-order valence-corrected chi connectivity index (χ3v) is 2.63. The van der Waals surface area contributed by atoms with E-state index in [1.54, 1.807) is 0 Å². The molecule has 0 heterocycles. The summed E-state index contributed by atoms with van der Waals surface area (Å²) in [6.07, 6.45) is 5.51. The quantitative estimate of drug-likeness (QED) is 0.512. The highest BCUT2D eigenvalue weighted by Gasteiger charge is 2.40. The molecule has 0 aromatic heterocycles. The third-order valence-electron chi connectivity index (χ3n) is 2.63. The highest BCUT2D eigenvalue weighted by molar-refractivity contribution is 5.97. The zero-order valence-electron chi connectivity index (χ0n) is 8.54. The monoisotopic (exact) mass is 196 g/mol. The molecule has 0 aliphatic heterocycles. The Hall–Kier alpha value is -1.12. The molecule has 0 bridgehead atoms. The molecule has 3 nitrogen and oxygen atoms in total. The first-order valence-corrected chi connectivity index (χ1v) is 4.97. The highest BCUT2D eigenvalue weighted by Crippen LogP contribution is 2.32. The molecular formula is C11H16O3. The molecule has 14 heavy (non-hydrogen) atoms. The van der Waals surface area contributed by atoms with E-state index in [1.807, 2.05) is 0 Å². The summed E-state index contributed by atoms with van der Waals surface area (Å²) in [5, 5.41) is 0. The lowest BCUT2D eigenvalue weighted by molar-refractivity contribution is -0.167. The first-order chi connectivity index (χ1) is 6.60. The minimum absolute atomic E-state index is 0.160. The van der Waals surface area contributed by atoms with E-state index < -0.39 is 5.60 Å². The number of carbonyl (C=O) groups excluding carboxylic acids is 2. The Bertz CT molecular complexity index is 249. The fourth-order valence-corrected chi connectivity index (χ4v) is 1.98. The SMILES string of the molecule is C=CC(=O)C1(OC(C)=O)CCCCC1. The number of esters is 1. The Balaban J connectivity index is 2.81. The molecule has 1 saturated carbocycles. The highest BCUT2D eigenvalue weighted by atomic mass is 16.6. The summed E-state index contributed by atoms with van der Waals surface area (Å²) in [5.74, 6) is -0.547. The number of ketones is 1. The van der Waals surface area contributed by atoms with Crippen LogP contribution in [-0.4, -0.2) is 17.4 Å². The Morgan fingerprint density at radius 3 is 2.29 bits per heavy atom. The predicted octanol–water partition coefficient (Wildman–Crippen LogP) is 2.01. The maximum Gasteiger partial charge on any atom is 0.303 e. The van der Waals surface area contributed by atoms with Gasteiger partial charge in [-0.05, 0) is 31.8 Å². The van der Waals surface area contributed by atoms with Crippen molar-refractivity contribution in [1.29, 1.82) is 0 Å². The van der Waals surface area contributed by atoms with Crippen molar-refractivity contribution < 1.29 is 14.3 Å². The number of ether oxygens (including phenoxy) is 1. The summed E-state index contributed by atoms with van der Waals surface area (Å²) in [6.45, 7) is 4.79. The molecule has 0 aromatic carbocycles. The number of rotatable bonds is 3. The van der Waals surface area contributed by atoms with Crippen LogP contribution in [0.4, 0.5) is 0 Å². The predicted molar refractivity (Wildman–Crippen MR) is 52.8 cm³/mol. The van der Waals surface area contributed by atoms with Crippen LogP contribution in [0.5, 0.6) is 0 Å². The van der Waals surface area contributed by atoms with E-state index in [1.165, 1.54) is 13.0 Å². The van der Waals surface area contributed by atoms with Gasteiger partial charge in [0.25, 0.3) is 0 Å². The largest absolute Gasteiger partial charge is 0.451 e. The maximum atomic E-state index is 11.6. The second-order valence-electron chi connectivity index (χ2n) is 3.72. The average Bonchev–Trinajstić information content (AvgIpc) is 2.17. The molecule has 1 aliphatic carbocycles. The summed E-state index contributed by atoms with van der Waals surface area (Å²) < 4.78 is 5.17. The molecule has 0 saturated heterocycles. The van der Waals surface area contributed by atoms with Crippen molar-refractivity contribution in [3.63, 3.8) is 0 Å². The van der Waals surface area contributed by atoms with Gasteiger partial charge in [0.05, 0.1) is 0 Å². The van der Waals surface area contributed by atoms with Crippen LogP contribution in [0.3, 0.4) is 0 Å². The van der Waals surface area contributed by atoms with E-state index in [-0.39, 0.29) is 11.8 Å². The van der Waals surface area contributed by atoms with Gasteiger partial charge in [0.15, 0.2) is 11.4 Å². The van der Waals surface area contributed by atoms with Gasteiger partial charge in [0.1, 0.15) is 0 Å². The molecule has 3 heteroatoms. The smallest absolute Gasteiger partial charge is 0.303 e. The zero-order chi connectivity index (χ0) is 10.6. The number of hydrogen-bond acceptors (Lipinski definition) is 3. The zero-order valence-corrected chi connectivity index (χ0v) is 8.54. The lowest BCUT2D eigenvalue weighted by Crippen LogP contribution is -2.43. The van der Waals surface area contributed by atoms with E-state index in [0.717, 1.165) is 19.3 Å². The van der Waals surface area contributed by atoms with Crippen LogP contribution < -0.4 is 0 Å². The molecule has 0 N–H and O–H groups in total. The van der Waals surface area contributed by atoms with Crippen molar-refractivity contribution in [1.82, 2.24) is 0 Å². The van der Waals surface area contributed by atoms with E-state index in [4.69, 9.17) is 4.74 Å². The molecule has 1 rings (SSSR count). The summed E-state index contributed by atoms with van der Waals surface area (Å²) in [4.78, 5) is 22.6. The van der Waals surface area contributed by atoms with Gasteiger partial charge in [-0.2, -0.15) is 0 Å². The summed E-state index contributed by atoms with van der Waals surface area (Å²) in [5.41, 5.74) is -0.897. The molecular weight excluding hydrogens is 180 g/mol. The van der Waals surface area contributed by atoms with E-state index in [0.29, 0.717) is 12.8 Å². The van der Waals surface area contributed by atoms with Crippen molar-refractivity contribution >= 4 is 11.8 Å². The van der Waals surface area contributed by atoms with Crippen LogP contribution >= 0.6 is 0 Å². The first-order valence-electron chi connectivity index (χ1n) is 4.97. The van der Waals surface area contributed by atoms with Crippen LogP contribution in [0, 0.1) is 0 Å². The molecule has 0 radical (unpaired) electrons. The van der Waals surface area contributed by atoms with Crippen molar-refractivity contribution in [2.24, 2.45) is 0 Å². The lowest BCUT2D eigenvalue weighted by Gasteiger charge is -2.33. The molecule has 0 spiro atoms. The Labute approximate surface area is 84.1 Å². The van der Waals surface area contributed by atoms with Gasteiger partial charge in [0, 0.05) is 6.92 Å². The normalized spacial score (nSPS) is 19.8. The van der Waals surface area contributed by atoms with Gasteiger partial charge >= 0.3 is 5.97 Å². The van der Waals surface area contributed by atoms with E-state index >= 15 is 0 Å². The Morgan fingerprint density at radius 1 is 1.29 bits per heavy atom. The summed E-state index contributed by atoms with van der Waals surface area (Å²) in [7, 11) is 0. The van der Waals surface area contributed by atoms with Gasteiger partial charge in [0.2, 0.25) is 0 Å². The van der Waals surface area contributed by atoms with Crippen LogP contribution in [0.1, 0.15) is 39.0 Å². The van der Waals surface area contributed by atoms with Gasteiger partial charge in [-0.25, -0.2) is 0 Å². The molecule has 78 valence electrons. The Morgan fingerprint density at radius 2 is 1.86 bits per heavy atom. The van der Waals surface area contributed by atoms with E-state index in [2.05, 4.69) is 6.58 Å². The maximum absolute atomic E-state index is 11.6. The molecule has 0 unspecified atom stereocenters. The van der Waals surface area contributed by atoms with Crippen LogP contribution in [-0.2, 0) is 14.3 Å². The van der Waals surface area contributed by atoms with Crippen LogP contribution in [0.15, 0.2) is 12.7 Å². The third kappa shape index (κ3) is 2.22. The van der Waals surface area contributed by atoms with Gasteiger partial charge in [-0.15, -0.1) is 0 Å². The molecule has 0 atom stereocenters. The van der Waals surface area contributed by atoms with Crippen molar-refractivity contribution in [3.8, 4) is 0 Å². The Kier molecular flexibility index (Phi) is 3.44. The fourth-order valence-electron chi connectivity index (χ4n) is 1.98. The van der Waals surface area contributed by atoms with Crippen molar-refractivity contribution in [3.05, 3.63) is 12.7 Å². The van der Waals surface area contributed by atoms with Crippen molar-refractivity contribution in [2.45, 2.75) is 44.6 Å². The topological polar surface area (TPSA) is 43.4 Å². The minimum atomic E-state index is -0.897. The second-order valence-corrected chi connectivity index (χ2v) is 3.72. The standard InChI is InChI=1S/C11H16O3/c1-3-10(13)11(14-9(2)12)7-5-4-6-8-11/h3H,1,4-8H2,2H3. The van der Waals surface area contributed by atoms with Gasteiger partial charge in [-0.1, -0.05) is 13.0 Å². The first kappa shape index (κ1) is 11.0. The van der Waals surface area contributed by atoms with Crippen LogP contribution in [0.25, 0.3) is 0 Å². The second kappa shape index (κ2) is 4.40. The molecule has 1 fully saturated rings. The molecule has 0 amide bonds. The fraction of sp³-hybridized carbons (Fsp3) is 0.636. The number of hydrogen-bond donors (Lipinski definition) is 0. The summed E-state index contributed by atoms with van der Waals surface area (Å²) in [6, 6.07) is 0. The lowest BCUT2D eigenvalue weighted by atomic mass is 9.81. The number of carbonyl (C=O) groups is 2. The minimum Gasteiger partial charge on any atom is -0.451 e. The van der Waals surface area contributed by atoms with Gasteiger partial charge < -0.3 is 4.74 Å². The summed E-state index contributed by atoms with van der Waals surface area (Å²) >= 11 is 0. The molecule has 0 aromatic rings. The average molecular weight is 196 g/mol. The van der Waals surface area contributed by atoms with E-state index in [9.17, 15) is 9.59 Å². The van der Waals surface area contributed by atoms with Gasteiger partial charge in [-0.3, -0.25) is 9.59 Å². The van der Waals surface area contributed by atoms with Crippen molar-refractivity contribution in [2.75, 3.05) is 0 Å². The van der Waals surface area contributed by atoms with Crippen LogP contribution in [0.2, 0.25) is 0 Å².